The van der Waals surface area contributed by atoms with Crippen LogP contribution < -0.4 is 14.2 Å². The monoisotopic (exact) mass is 373 g/mol. The van der Waals surface area contributed by atoms with Crippen LogP contribution in [0.5, 0.6) is 17.2 Å². The number of hydrogen-bond acceptors (Lipinski definition) is 5. The van der Waals surface area contributed by atoms with Crippen LogP contribution in [0.15, 0.2) is 47.6 Å². The molecule has 1 aliphatic carbocycles. The standard InChI is InChI=1S/C20H20ClNO4/c1-23-17-10-14-16(11-18(17)24-2)26-20(13-6-4-3-5-7-13)12-15(20)19(14)22-25-9-8-21/h3-7,10-11,15H,8-9,12H2,1-2H3. The number of benzene rings is 2. The summed E-state index contributed by atoms with van der Waals surface area (Å²) in [4.78, 5) is 5.42. The number of fused-ring (bicyclic) bond motifs is 2. The summed E-state index contributed by atoms with van der Waals surface area (Å²) in [7, 11) is 3.22. The molecule has 2 atom stereocenters. The lowest BCUT2D eigenvalue weighted by molar-refractivity contribution is 0.147. The number of ether oxygens (including phenoxy) is 3. The van der Waals surface area contributed by atoms with Gasteiger partial charge in [-0.3, -0.25) is 0 Å². The van der Waals surface area contributed by atoms with Crippen LogP contribution in [0.2, 0.25) is 0 Å². The number of alkyl halides is 1. The fraction of sp³-hybridized carbons (Fsp3) is 0.350. The first-order chi connectivity index (χ1) is 12.7. The van der Waals surface area contributed by atoms with Crippen LogP contribution in [0.3, 0.4) is 0 Å². The Hall–Kier alpha value is -2.40. The number of methoxy groups -OCH3 is 2. The molecule has 0 N–H and O–H groups in total. The maximum atomic E-state index is 6.46. The number of hydrogen-bond donors (Lipinski definition) is 0. The van der Waals surface area contributed by atoms with Crippen LogP contribution in [0.4, 0.5) is 0 Å². The largest absolute Gasteiger partial charge is 0.493 e. The molecule has 1 heterocycles. The summed E-state index contributed by atoms with van der Waals surface area (Å²) in [5.74, 6) is 2.49. The predicted molar refractivity (Wildman–Crippen MR) is 99.6 cm³/mol. The van der Waals surface area contributed by atoms with Gasteiger partial charge in [0.25, 0.3) is 0 Å². The van der Waals surface area contributed by atoms with E-state index >= 15 is 0 Å². The summed E-state index contributed by atoms with van der Waals surface area (Å²) in [5, 5.41) is 4.39. The van der Waals surface area contributed by atoms with Gasteiger partial charge >= 0.3 is 0 Å². The van der Waals surface area contributed by atoms with Crippen molar-refractivity contribution in [2.45, 2.75) is 12.0 Å². The highest BCUT2D eigenvalue weighted by Gasteiger charge is 2.64. The molecule has 0 saturated heterocycles. The Morgan fingerprint density at radius 3 is 2.58 bits per heavy atom. The van der Waals surface area contributed by atoms with E-state index in [1.807, 2.05) is 30.3 Å². The van der Waals surface area contributed by atoms with Crippen molar-refractivity contribution in [1.29, 1.82) is 0 Å². The van der Waals surface area contributed by atoms with Crippen molar-refractivity contribution in [3.8, 4) is 17.2 Å². The Morgan fingerprint density at radius 2 is 1.88 bits per heavy atom. The van der Waals surface area contributed by atoms with E-state index < -0.39 is 5.60 Å². The van der Waals surface area contributed by atoms with Crippen molar-refractivity contribution >= 4 is 17.3 Å². The molecule has 1 fully saturated rings. The average molecular weight is 374 g/mol. The molecule has 2 aromatic rings. The van der Waals surface area contributed by atoms with Gasteiger partial charge in [-0.05, 0) is 11.6 Å². The van der Waals surface area contributed by atoms with E-state index in [-0.39, 0.29) is 5.92 Å². The van der Waals surface area contributed by atoms with Gasteiger partial charge in [-0.25, -0.2) is 0 Å². The second-order valence-corrected chi connectivity index (χ2v) is 6.69. The molecule has 5 nitrogen and oxygen atoms in total. The molecule has 6 heteroatoms. The molecular formula is C20H20ClNO4. The van der Waals surface area contributed by atoms with E-state index in [1.54, 1.807) is 14.2 Å². The first-order valence-corrected chi connectivity index (χ1v) is 9.03. The van der Waals surface area contributed by atoms with Gasteiger partial charge in [0.2, 0.25) is 0 Å². The lowest BCUT2D eigenvalue weighted by atomic mass is 9.95. The molecular weight excluding hydrogens is 354 g/mol. The highest BCUT2D eigenvalue weighted by atomic mass is 35.5. The third kappa shape index (κ3) is 2.67. The Kier molecular flexibility index (Phi) is 4.41. The minimum atomic E-state index is -0.406. The van der Waals surface area contributed by atoms with Gasteiger partial charge < -0.3 is 19.0 Å². The molecule has 0 aromatic heterocycles. The van der Waals surface area contributed by atoms with Gasteiger partial charge in [-0.2, -0.15) is 0 Å². The molecule has 0 amide bonds. The summed E-state index contributed by atoms with van der Waals surface area (Å²) in [6, 6.07) is 14.0. The van der Waals surface area contributed by atoms with Gasteiger partial charge in [0.05, 0.1) is 31.7 Å². The number of nitrogens with zero attached hydrogens (tertiary/aromatic N) is 1. The lowest BCUT2D eigenvalue weighted by Gasteiger charge is -2.28. The summed E-state index contributed by atoms with van der Waals surface area (Å²) >= 11 is 5.72. The zero-order chi connectivity index (χ0) is 18.1. The molecule has 1 saturated carbocycles. The highest BCUT2D eigenvalue weighted by Crippen LogP contribution is 2.61. The van der Waals surface area contributed by atoms with Crippen molar-refractivity contribution in [3.63, 3.8) is 0 Å². The zero-order valence-corrected chi connectivity index (χ0v) is 15.5. The quantitative estimate of drug-likeness (QED) is 0.436. The van der Waals surface area contributed by atoms with Crippen LogP contribution in [0.1, 0.15) is 17.5 Å². The van der Waals surface area contributed by atoms with Crippen molar-refractivity contribution in [1.82, 2.24) is 0 Å². The van der Waals surface area contributed by atoms with Gasteiger partial charge in [-0.15, -0.1) is 11.6 Å². The van der Waals surface area contributed by atoms with Gasteiger partial charge in [0.1, 0.15) is 18.0 Å². The van der Waals surface area contributed by atoms with E-state index in [2.05, 4.69) is 17.3 Å². The Labute approximate surface area is 157 Å². The van der Waals surface area contributed by atoms with Crippen molar-refractivity contribution in [3.05, 3.63) is 53.6 Å². The summed E-state index contributed by atoms with van der Waals surface area (Å²) < 4.78 is 17.3. The van der Waals surface area contributed by atoms with E-state index in [0.717, 1.165) is 23.3 Å². The average Bonchev–Trinajstić information content (AvgIpc) is 3.42. The Bertz CT molecular complexity index is 839. The molecule has 2 aromatic carbocycles. The topological polar surface area (TPSA) is 49.3 Å². The van der Waals surface area contributed by atoms with Gasteiger partial charge in [-0.1, -0.05) is 35.5 Å². The zero-order valence-electron chi connectivity index (χ0n) is 14.7. The molecule has 0 spiro atoms. The lowest BCUT2D eigenvalue weighted by Crippen LogP contribution is -2.28. The number of rotatable bonds is 6. The minimum Gasteiger partial charge on any atom is -0.493 e. The van der Waals surface area contributed by atoms with Crippen LogP contribution in [-0.2, 0) is 10.4 Å². The third-order valence-electron chi connectivity index (χ3n) is 4.89. The maximum absolute atomic E-state index is 6.46. The van der Waals surface area contributed by atoms with Crippen molar-refractivity contribution in [2.75, 3.05) is 26.7 Å². The number of halogens is 1. The SMILES string of the molecule is COc1cc2c(cc1OC)C(=NOCCCl)C1CC1(c1ccccc1)O2. The molecule has 0 bridgehead atoms. The van der Waals surface area contributed by atoms with Crippen LogP contribution in [-0.4, -0.2) is 32.4 Å². The molecule has 4 rings (SSSR count). The smallest absolute Gasteiger partial charge is 0.164 e. The van der Waals surface area contributed by atoms with E-state index in [1.165, 1.54) is 0 Å². The maximum Gasteiger partial charge on any atom is 0.164 e. The molecule has 1 aliphatic heterocycles. The summed E-state index contributed by atoms with van der Waals surface area (Å²) in [6.45, 7) is 0.361. The third-order valence-corrected chi connectivity index (χ3v) is 5.04. The van der Waals surface area contributed by atoms with Crippen molar-refractivity contribution < 1.29 is 19.0 Å². The predicted octanol–water partition coefficient (Wildman–Crippen LogP) is 3.97. The molecule has 0 radical (unpaired) electrons. The van der Waals surface area contributed by atoms with Gasteiger partial charge in [0, 0.05) is 18.1 Å². The molecule has 26 heavy (non-hydrogen) atoms. The first kappa shape index (κ1) is 17.0. The van der Waals surface area contributed by atoms with Crippen LogP contribution >= 0.6 is 11.6 Å². The van der Waals surface area contributed by atoms with Gasteiger partial charge in [0.15, 0.2) is 11.5 Å². The fourth-order valence-corrected chi connectivity index (χ4v) is 3.63. The van der Waals surface area contributed by atoms with Crippen LogP contribution in [0.25, 0.3) is 0 Å². The Balaban J connectivity index is 1.81. The van der Waals surface area contributed by atoms with E-state index in [4.69, 9.17) is 30.6 Å². The summed E-state index contributed by atoms with van der Waals surface area (Å²) in [6.07, 6.45) is 0.847. The van der Waals surface area contributed by atoms with Crippen LogP contribution in [0, 0.1) is 5.92 Å². The Morgan fingerprint density at radius 1 is 1.15 bits per heavy atom. The summed E-state index contributed by atoms with van der Waals surface area (Å²) in [5.41, 5.74) is 2.46. The van der Waals surface area contributed by atoms with Crippen molar-refractivity contribution in [2.24, 2.45) is 11.1 Å². The second-order valence-electron chi connectivity index (χ2n) is 6.32. The minimum absolute atomic E-state index is 0.130. The molecule has 2 unspecified atom stereocenters. The van der Waals surface area contributed by atoms with E-state index in [9.17, 15) is 0 Å². The number of oxime groups is 1. The van der Waals surface area contributed by atoms with E-state index in [0.29, 0.717) is 29.7 Å². The normalized spacial score (nSPS) is 24.3. The highest BCUT2D eigenvalue weighted by molar-refractivity contribution is 6.18. The second kappa shape index (κ2) is 6.72. The fourth-order valence-electron chi connectivity index (χ4n) is 3.56. The molecule has 136 valence electrons. The first-order valence-electron chi connectivity index (χ1n) is 8.50. The molecule has 2 aliphatic rings.